The van der Waals surface area contributed by atoms with Crippen LogP contribution >= 0.6 is 0 Å². The molecule has 1 aliphatic carbocycles. The molecule has 0 fully saturated rings. The zero-order valence-electron chi connectivity index (χ0n) is 13.7. The van der Waals surface area contributed by atoms with E-state index in [1.165, 1.54) is 31.2 Å². The molecular weight excluding hydrogens is 272 g/mol. The summed E-state index contributed by atoms with van der Waals surface area (Å²) >= 11 is 0. The fourth-order valence-corrected chi connectivity index (χ4v) is 2.84. The van der Waals surface area contributed by atoms with E-state index in [1.54, 1.807) is 10.5 Å². The molecule has 0 heterocycles. The Morgan fingerprint density at radius 2 is 2.00 bits per heavy atom. The third-order valence-corrected chi connectivity index (χ3v) is 4.21. The second-order valence-electron chi connectivity index (χ2n) is 6.09. The minimum absolute atomic E-state index is 0.202. The molecule has 0 spiro atoms. The van der Waals surface area contributed by atoms with Crippen LogP contribution in [0, 0.1) is 0 Å². The van der Waals surface area contributed by atoms with E-state index in [0.29, 0.717) is 13.0 Å². The largest absolute Gasteiger partial charge is 0.341 e. The third kappa shape index (κ3) is 6.02. The van der Waals surface area contributed by atoms with Gasteiger partial charge in [0, 0.05) is 26.6 Å². The van der Waals surface area contributed by atoms with Crippen molar-refractivity contribution >= 4 is 5.91 Å². The molecule has 1 amide bonds. The van der Waals surface area contributed by atoms with Crippen LogP contribution in [-0.2, 0) is 11.3 Å². The van der Waals surface area contributed by atoms with E-state index in [-0.39, 0.29) is 5.91 Å². The third-order valence-electron chi connectivity index (χ3n) is 4.21. The molecule has 0 aliphatic heterocycles. The van der Waals surface area contributed by atoms with Gasteiger partial charge in [-0.3, -0.25) is 4.79 Å². The first-order valence-corrected chi connectivity index (χ1v) is 8.42. The number of nitrogens with zero attached hydrogens (tertiary/aromatic N) is 1. The van der Waals surface area contributed by atoms with Gasteiger partial charge in [-0.15, -0.1) is 0 Å². The van der Waals surface area contributed by atoms with Crippen molar-refractivity contribution in [1.29, 1.82) is 0 Å². The fraction of sp³-hybridized carbons (Fsp3) is 0.526. The smallest absolute Gasteiger partial charge is 0.223 e. The zero-order chi connectivity index (χ0) is 15.6. The summed E-state index contributed by atoms with van der Waals surface area (Å²) in [4.78, 5) is 13.9. The maximum atomic E-state index is 12.1. The lowest BCUT2D eigenvalue weighted by atomic mass is 9.97. The maximum Gasteiger partial charge on any atom is 0.223 e. The Morgan fingerprint density at radius 1 is 1.18 bits per heavy atom. The Hall–Kier alpha value is -1.61. The Morgan fingerprint density at radius 3 is 2.73 bits per heavy atom. The average Bonchev–Trinajstić information content (AvgIpc) is 2.56. The van der Waals surface area contributed by atoms with Gasteiger partial charge in [-0.05, 0) is 44.2 Å². The van der Waals surface area contributed by atoms with Gasteiger partial charge in [0.05, 0.1) is 0 Å². The summed E-state index contributed by atoms with van der Waals surface area (Å²) in [5.74, 6) is 0.202. The van der Waals surface area contributed by atoms with Gasteiger partial charge in [-0.1, -0.05) is 42.0 Å². The second-order valence-corrected chi connectivity index (χ2v) is 6.09. The van der Waals surface area contributed by atoms with Crippen LogP contribution in [0.15, 0.2) is 42.0 Å². The Labute approximate surface area is 134 Å². The van der Waals surface area contributed by atoms with Gasteiger partial charge in [0.25, 0.3) is 0 Å². The number of carbonyl (C=O) groups excluding carboxylic acids is 1. The molecule has 0 unspecified atom stereocenters. The van der Waals surface area contributed by atoms with E-state index in [2.05, 4.69) is 23.5 Å². The highest BCUT2D eigenvalue weighted by Crippen LogP contribution is 2.19. The van der Waals surface area contributed by atoms with Gasteiger partial charge >= 0.3 is 0 Å². The Kier molecular flexibility index (Phi) is 7.17. The molecule has 3 nitrogen and oxygen atoms in total. The molecular formula is C19H28N2O. The molecule has 1 aromatic carbocycles. The maximum absolute atomic E-state index is 12.1. The first-order chi connectivity index (χ1) is 10.8. The van der Waals surface area contributed by atoms with Crippen LogP contribution in [0.4, 0.5) is 0 Å². The highest BCUT2D eigenvalue weighted by molar-refractivity contribution is 5.76. The molecule has 1 aromatic rings. The first-order valence-electron chi connectivity index (χ1n) is 8.42. The summed E-state index contributed by atoms with van der Waals surface area (Å²) in [5.41, 5.74) is 2.77. The van der Waals surface area contributed by atoms with Crippen LogP contribution < -0.4 is 5.32 Å². The summed E-state index contributed by atoms with van der Waals surface area (Å²) in [6.07, 6.45) is 9.30. The van der Waals surface area contributed by atoms with E-state index in [9.17, 15) is 4.79 Å². The second kappa shape index (κ2) is 9.42. The molecule has 0 aromatic heterocycles. The quantitative estimate of drug-likeness (QED) is 0.588. The van der Waals surface area contributed by atoms with Crippen LogP contribution in [0.5, 0.6) is 0 Å². The lowest BCUT2D eigenvalue weighted by Gasteiger charge is -2.17. The van der Waals surface area contributed by atoms with Crippen LogP contribution in [0.1, 0.15) is 44.1 Å². The number of carbonyl (C=O) groups is 1. The Bertz CT molecular complexity index is 481. The van der Waals surface area contributed by atoms with E-state index in [4.69, 9.17) is 0 Å². The normalized spacial score (nSPS) is 14.5. The number of nitrogens with one attached hydrogen (secondary N) is 1. The van der Waals surface area contributed by atoms with Crippen LogP contribution in [-0.4, -0.2) is 30.9 Å². The number of allylic oxidation sites excluding steroid dienone is 1. The first kappa shape index (κ1) is 16.8. The van der Waals surface area contributed by atoms with Crippen LogP contribution in [0.3, 0.4) is 0 Å². The van der Waals surface area contributed by atoms with Gasteiger partial charge < -0.3 is 10.2 Å². The zero-order valence-corrected chi connectivity index (χ0v) is 13.7. The van der Waals surface area contributed by atoms with Gasteiger partial charge in [-0.25, -0.2) is 0 Å². The predicted molar refractivity (Wildman–Crippen MR) is 91.6 cm³/mol. The number of rotatable bonds is 8. The number of benzene rings is 1. The molecule has 0 radical (unpaired) electrons. The highest BCUT2D eigenvalue weighted by Gasteiger charge is 2.08. The van der Waals surface area contributed by atoms with Gasteiger partial charge in [0.2, 0.25) is 5.91 Å². The standard InChI is InChI=1S/C19H28N2O/c1-21(16-18-10-6-3-7-11-18)19(22)13-15-20-14-12-17-8-4-2-5-9-17/h3,6-8,10-11,20H,2,4-5,9,12-16H2,1H3. The molecule has 3 heteroatoms. The van der Waals surface area contributed by atoms with E-state index < -0.39 is 0 Å². The average molecular weight is 300 g/mol. The molecule has 0 saturated carbocycles. The van der Waals surface area contributed by atoms with Crippen molar-refractivity contribution in [3.63, 3.8) is 0 Å². The minimum Gasteiger partial charge on any atom is -0.341 e. The van der Waals surface area contributed by atoms with E-state index >= 15 is 0 Å². The molecule has 1 N–H and O–H groups in total. The van der Waals surface area contributed by atoms with Gasteiger partial charge in [-0.2, -0.15) is 0 Å². The molecule has 0 atom stereocenters. The molecule has 2 rings (SSSR count). The number of hydrogen-bond donors (Lipinski definition) is 1. The van der Waals surface area contributed by atoms with Crippen molar-refractivity contribution in [2.45, 2.75) is 45.1 Å². The van der Waals surface area contributed by atoms with Crippen LogP contribution in [0.2, 0.25) is 0 Å². The molecule has 120 valence electrons. The molecule has 0 saturated heterocycles. The molecule has 0 bridgehead atoms. The van der Waals surface area contributed by atoms with Crippen LogP contribution in [0.25, 0.3) is 0 Å². The number of amides is 1. The van der Waals surface area contributed by atoms with Gasteiger partial charge in [0.15, 0.2) is 0 Å². The fourth-order valence-electron chi connectivity index (χ4n) is 2.84. The summed E-state index contributed by atoms with van der Waals surface area (Å²) < 4.78 is 0. The lowest BCUT2D eigenvalue weighted by molar-refractivity contribution is -0.130. The van der Waals surface area contributed by atoms with Crippen molar-refractivity contribution < 1.29 is 4.79 Å². The van der Waals surface area contributed by atoms with E-state index in [1.807, 2.05) is 25.2 Å². The summed E-state index contributed by atoms with van der Waals surface area (Å²) in [6, 6.07) is 10.1. The highest BCUT2D eigenvalue weighted by atomic mass is 16.2. The minimum atomic E-state index is 0.202. The van der Waals surface area contributed by atoms with Crippen molar-refractivity contribution in [3.05, 3.63) is 47.5 Å². The van der Waals surface area contributed by atoms with E-state index in [0.717, 1.165) is 19.5 Å². The molecule has 1 aliphatic rings. The monoisotopic (exact) mass is 300 g/mol. The van der Waals surface area contributed by atoms with Crippen molar-refractivity contribution in [2.75, 3.05) is 20.1 Å². The number of hydrogen-bond acceptors (Lipinski definition) is 2. The van der Waals surface area contributed by atoms with Crippen molar-refractivity contribution in [3.8, 4) is 0 Å². The van der Waals surface area contributed by atoms with Crippen molar-refractivity contribution in [2.24, 2.45) is 0 Å². The summed E-state index contributed by atoms with van der Waals surface area (Å²) in [7, 11) is 1.88. The van der Waals surface area contributed by atoms with Crippen molar-refractivity contribution in [1.82, 2.24) is 10.2 Å². The van der Waals surface area contributed by atoms with Gasteiger partial charge in [0.1, 0.15) is 0 Å². The lowest BCUT2D eigenvalue weighted by Crippen LogP contribution is -2.29. The topological polar surface area (TPSA) is 32.3 Å². The summed E-state index contributed by atoms with van der Waals surface area (Å²) in [6.45, 7) is 2.44. The predicted octanol–water partition coefficient (Wildman–Crippen LogP) is 3.52. The summed E-state index contributed by atoms with van der Waals surface area (Å²) in [5, 5.41) is 3.39. The molecule has 22 heavy (non-hydrogen) atoms. The Balaban J connectivity index is 1.58. The SMILES string of the molecule is CN(Cc1ccccc1)C(=O)CCNCCC1=CCCCC1.